The van der Waals surface area contributed by atoms with Crippen molar-refractivity contribution in [1.82, 2.24) is 25.5 Å². The smallest absolute Gasteiger partial charge is 0.234 e. The number of fused-ring (bicyclic) bond motifs is 3. The molecule has 2 N–H and O–H groups in total. The molecule has 0 radical (unpaired) electrons. The largest absolute Gasteiger partial charge is 0.369 e. The van der Waals surface area contributed by atoms with Crippen LogP contribution in [-0.4, -0.2) is 45.2 Å². The fourth-order valence-electron chi connectivity index (χ4n) is 3.45. The highest BCUT2D eigenvalue weighted by Crippen LogP contribution is 2.31. The zero-order chi connectivity index (χ0) is 17.2. The van der Waals surface area contributed by atoms with Crippen molar-refractivity contribution in [1.29, 1.82) is 5.26 Å². The lowest BCUT2D eigenvalue weighted by Gasteiger charge is -2.35. The van der Waals surface area contributed by atoms with Crippen LogP contribution in [0.4, 0.5) is 5.69 Å². The van der Waals surface area contributed by atoms with Crippen LogP contribution in [0.3, 0.4) is 0 Å². The standard InChI is InChI=1S/C17H17N7O/c18-6-3-14(25)21-11-2-1-9-24(10-11)13-5-8-20-17-15(13)12-4-7-19-16(12)22-23-17/h4-5,7-8,11H,1-3,9-10H2,(H,20,23)(H,21,25). The molecular weight excluding hydrogens is 318 g/mol. The SMILES string of the molecule is N#CCC(=O)NC1CCCN(c2cc[nH]c3nnc4nccc4c23)C1. The Labute approximate surface area is 143 Å². The first-order valence-corrected chi connectivity index (χ1v) is 8.26. The van der Waals surface area contributed by atoms with Gasteiger partial charge in [-0.2, -0.15) is 5.26 Å². The molecule has 1 aliphatic rings. The van der Waals surface area contributed by atoms with Gasteiger partial charge in [0.1, 0.15) is 6.42 Å². The maximum absolute atomic E-state index is 11.7. The lowest BCUT2D eigenvalue weighted by Crippen LogP contribution is -2.47. The number of piperidine rings is 1. The van der Waals surface area contributed by atoms with Gasteiger partial charge in [0.15, 0.2) is 11.3 Å². The van der Waals surface area contributed by atoms with E-state index in [4.69, 9.17) is 5.26 Å². The van der Waals surface area contributed by atoms with Crippen LogP contribution in [0, 0.1) is 11.3 Å². The minimum Gasteiger partial charge on any atom is -0.369 e. The quantitative estimate of drug-likeness (QED) is 0.750. The average molecular weight is 335 g/mol. The molecule has 8 heteroatoms. The topological polar surface area (TPSA) is 111 Å². The molecule has 1 unspecified atom stereocenters. The second kappa shape index (κ2) is 6.36. The molecule has 1 fully saturated rings. The van der Waals surface area contributed by atoms with Crippen molar-refractivity contribution in [2.24, 2.45) is 0 Å². The molecule has 3 aromatic heterocycles. The van der Waals surface area contributed by atoms with Crippen molar-refractivity contribution >= 4 is 33.7 Å². The third-order valence-electron chi connectivity index (χ3n) is 4.51. The first-order chi connectivity index (χ1) is 12.3. The molecule has 4 heterocycles. The van der Waals surface area contributed by atoms with Crippen molar-refractivity contribution < 1.29 is 4.79 Å². The van der Waals surface area contributed by atoms with Crippen molar-refractivity contribution in [3.05, 3.63) is 24.5 Å². The summed E-state index contributed by atoms with van der Waals surface area (Å²) in [6, 6.07) is 5.90. The highest BCUT2D eigenvalue weighted by Gasteiger charge is 2.23. The third kappa shape index (κ3) is 2.85. The minimum atomic E-state index is -0.214. The van der Waals surface area contributed by atoms with E-state index >= 15 is 0 Å². The molecule has 4 rings (SSSR count). The number of rotatable bonds is 3. The number of pyridine rings is 1. The summed E-state index contributed by atoms with van der Waals surface area (Å²) >= 11 is 0. The average Bonchev–Trinajstić information content (AvgIpc) is 3.10. The Balaban J connectivity index is 1.68. The van der Waals surface area contributed by atoms with Gasteiger partial charge in [-0.05, 0) is 25.0 Å². The van der Waals surface area contributed by atoms with E-state index in [0.717, 1.165) is 35.8 Å². The fourth-order valence-corrected chi connectivity index (χ4v) is 3.45. The molecule has 25 heavy (non-hydrogen) atoms. The molecule has 8 nitrogen and oxygen atoms in total. The van der Waals surface area contributed by atoms with E-state index < -0.39 is 0 Å². The Hall–Kier alpha value is -3.21. The number of anilines is 1. The second-order valence-electron chi connectivity index (χ2n) is 6.16. The highest BCUT2D eigenvalue weighted by molar-refractivity contribution is 6.08. The monoisotopic (exact) mass is 335 g/mol. The summed E-state index contributed by atoms with van der Waals surface area (Å²) in [7, 11) is 0. The molecule has 0 saturated carbocycles. The number of hydrogen-bond acceptors (Lipinski definition) is 6. The van der Waals surface area contributed by atoms with Gasteiger partial charge in [0.2, 0.25) is 5.91 Å². The van der Waals surface area contributed by atoms with Crippen LogP contribution in [0.25, 0.3) is 22.1 Å². The van der Waals surface area contributed by atoms with Gasteiger partial charge in [0, 0.05) is 36.9 Å². The summed E-state index contributed by atoms with van der Waals surface area (Å²) in [5.41, 5.74) is 2.40. The van der Waals surface area contributed by atoms with Crippen LogP contribution in [0.1, 0.15) is 19.3 Å². The highest BCUT2D eigenvalue weighted by atomic mass is 16.1. The van der Waals surface area contributed by atoms with E-state index in [1.54, 1.807) is 6.20 Å². The van der Waals surface area contributed by atoms with Gasteiger partial charge in [-0.15, -0.1) is 10.2 Å². The molecular formula is C17H17N7O. The van der Waals surface area contributed by atoms with E-state index in [1.807, 2.05) is 24.4 Å². The molecule has 0 spiro atoms. The molecule has 0 aromatic carbocycles. The van der Waals surface area contributed by atoms with Crippen LogP contribution < -0.4 is 10.2 Å². The normalized spacial score (nSPS) is 17.6. The van der Waals surface area contributed by atoms with Crippen molar-refractivity contribution in [3.8, 4) is 6.07 Å². The Morgan fingerprint density at radius 1 is 1.44 bits per heavy atom. The predicted molar refractivity (Wildman–Crippen MR) is 92.8 cm³/mol. The Morgan fingerprint density at radius 3 is 3.24 bits per heavy atom. The Morgan fingerprint density at radius 2 is 2.36 bits per heavy atom. The second-order valence-corrected chi connectivity index (χ2v) is 6.16. The van der Waals surface area contributed by atoms with E-state index in [0.29, 0.717) is 17.8 Å². The molecule has 1 amide bonds. The lowest BCUT2D eigenvalue weighted by atomic mass is 10.0. The van der Waals surface area contributed by atoms with E-state index in [1.165, 1.54) is 0 Å². The molecule has 0 bridgehead atoms. The number of nitrogens with zero attached hydrogens (tertiary/aromatic N) is 5. The number of nitrogens with one attached hydrogen (secondary N) is 2. The molecule has 0 aliphatic carbocycles. The van der Waals surface area contributed by atoms with Gasteiger partial charge in [-0.1, -0.05) is 0 Å². The zero-order valence-corrected chi connectivity index (χ0v) is 13.6. The van der Waals surface area contributed by atoms with E-state index in [2.05, 4.69) is 30.4 Å². The number of amides is 1. The summed E-state index contributed by atoms with van der Waals surface area (Å²) in [5.74, 6) is -0.214. The number of nitriles is 1. The number of hydrogen-bond donors (Lipinski definition) is 2. The van der Waals surface area contributed by atoms with Gasteiger partial charge < -0.3 is 15.2 Å². The summed E-state index contributed by atoms with van der Waals surface area (Å²) in [6.45, 7) is 1.61. The fraction of sp³-hybridized carbons (Fsp3) is 0.353. The first kappa shape index (κ1) is 15.3. The summed E-state index contributed by atoms with van der Waals surface area (Å²) < 4.78 is 0. The first-order valence-electron chi connectivity index (χ1n) is 8.26. The van der Waals surface area contributed by atoms with Gasteiger partial charge in [-0.3, -0.25) is 4.79 Å². The maximum atomic E-state index is 11.7. The zero-order valence-electron chi connectivity index (χ0n) is 13.6. The Kier molecular flexibility index (Phi) is 3.90. The molecule has 126 valence electrons. The Bertz CT molecular complexity index is 974. The number of aromatic amines is 1. The molecule has 3 aromatic rings. The third-order valence-corrected chi connectivity index (χ3v) is 4.51. The van der Waals surface area contributed by atoms with Crippen LogP contribution in [0.2, 0.25) is 0 Å². The summed E-state index contributed by atoms with van der Waals surface area (Å²) in [4.78, 5) is 21.4. The van der Waals surface area contributed by atoms with Crippen LogP contribution in [0.5, 0.6) is 0 Å². The van der Waals surface area contributed by atoms with Crippen LogP contribution >= 0.6 is 0 Å². The number of carbonyl (C=O) groups excluding carboxylic acids is 1. The molecule has 1 atom stereocenters. The molecule has 1 saturated heterocycles. The predicted octanol–water partition coefficient (Wildman–Crippen LogP) is 1.50. The number of H-pyrrole nitrogens is 1. The van der Waals surface area contributed by atoms with E-state index in [9.17, 15) is 4.79 Å². The van der Waals surface area contributed by atoms with Gasteiger partial charge in [-0.25, -0.2) is 4.98 Å². The van der Waals surface area contributed by atoms with Gasteiger partial charge in [0.25, 0.3) is 0 Å². The van der Waals surface area contributed by atoms with Crippen molar-refractivity contribution in [2.45, 2.75) is 25.3 Å². The van der Waals surface area contributed by atoms with Gasteiger partial charge in [0.05, 0.1) is 17.1 Å². The number of carbonyl (C=O) groups is 1. The minimum absolute atomic E-state index is 0.0388. The summed E-state index contributed by atoms with van der Waals surface area (Å²) in [5, 5.41) is 21.9. The molecule has 1 aliphatic heterocycles. The lowest BCUT2D eigenvalue weighted by molar-refractivity contribution is -0.120. The van der Waals surface area contributed by atoms with E-state index in [-0.39, 0.29) is 18.4 Å². The summed E-state index contributed by atoms with van der Waals surface area (Å²) in [6.07, 6.45) is 5.37. The van der Waals surface area contributed by atoms with Gasteiger partial charge >= 0.3 is 0 Å². The van der Waals surface area contributed by atoms with Crippen molar-refractivity contribution in [2.75, 3.05) is 18.0 Å². The number of aromatic nitrogens is 4. The van der Waals surface area contributed by atoms with Crippen LogP contribution in [0.15, 0.2) is 24.5 Å². The van der Waals surface area contributed by atoms with Crippen molar-refractivity contribution in [3.63, 3.8) is 0 Å². The van der Waals surface area contributed by atoms with Crippen LogP contribution in [-0.2, 0) is 4.79 Å². The maximum Gasteiger partial charge on any atom is 0.234 e.